The van der Waals surface area contributed by atoms with E-state index in [1.54, 1.807) is 6.07 Å². The highest BCUT2D eigenvalue weighted by Gasteiger charge is 2.09. The van der Waals surface area contributed by atoms with Crippen molar-refractivity contribution in [3.8, 4) is 0 Å². The number of nitrogens with zero attached hydrogens (tertiary/aromatic N) is 1. The predicted molar refractivity (Wildman–Crippen MR) is 69.8 cm³/mol. The second-order valence-electron chi connectivity index (χ2n) is 4.18. The third-order valence-electron chi connectivity index (χ3n) is 2.75. The summed E-state index contributed by atoms with van der Waals surface area (Å²) < 4.78 is 0. The van der Waals surface area contributed by atoms with E-state index in [4.69, 9.17) is 5.11 Å². The zero-order valence-corrected chi connectivity index (χ0v) is 10.7. The van der Waals surface area contributed by atoms with Crippen molar-refractivity contribution < 1.29 is 9.90 Å². The highest BCUT2D eigenvalue weighted by atomic mass is 16.4. The van der Waals surface area contributed by atoms with Crippen molar-refractivity contribution in [2.45, 2.75) is 13.8 Å². The molecule has 0 heterocycles. The maximum atomic E-state index is 11.1. The Morgan fingerprint density at radius 2 is 2.18 bits per heavy atom. The maximum absolute atomic E-state index is 11.1. The van der Waals surface area contributed by atoms with E-state index < -0.39 is 5.97 Å². The topological polar surface area (TPSA) is 52.6 Å². The molecular weight excluding hydrogens is 216 g/mol. The van der Waals surface area contributed by atoms with E-state index in [-0.39, 0.29) is 0 Å². The third kappa shape index (κ3) is 4.07. The van der Waals surface area contributed by atoms with Crippen LogP contribution in [0.2, 0.25) is 0 Å². The summed E-state index contributed by atoms with van der Waals surface area (Å²) >= 11 is 0. The van der Waals surface area contributed by atoms with Gasteiger partial charge < -0.3 is 15.3 Å². The lowest BCUT2D eigenvalue weighted by atomic mass is 10.1. The molecule has 0 aliphatic heterocycles. The number of likely N-dealkylation sites (N-methyl/N-ethyl adjacent to an activating group) is 1. The lowest BCUT2D eigenvalue weighted by Crippen LogP contribution is -2.25. The molecule has 0 unspecified atom stereocenters. The third-order valence-corrected chi connectivity index (χ3v) is 2.75. The van der Waals surface area contributed by atoms with Crippen molar-refractivity contribution in [1.82, 2.24) is 4.90 Å². The van der Waals surface area contributed by atoms with Crippen LogP contribution in [0.4, 0.5) is 5.69 Å². The second-order valence-corrected chi connectivity index (χ2v) is 4.18. The van der Waals surface area contributed by atoms with Gasteiger partial charge in [-0.05, 0) is 32.6 Å². The number of rotatable bonds is 6. The number of carboxylic acids is 1. The molecule has 2 N–H and O–H groups in total. The fraction of sp³-hybridized carbons (Fsp3) is 0.462. The number of nitrogens with one attached hydrogen (secondary N) is 1. The number of carbonyl (C=O) groups is 1. The Morgan fingerprint density at radius 1 is 1.47 bits per heavy atom. The zero-order chi connectivity index (χ0) is 12.8. The Bertz CT molecular complexity index is 391. The van der Waals surface area contributed by atoms with Crippen LogP contribution < -0.4 is 5.32 Å². The first-order chi connectivity index (χ1) is 8.04. The summed E-state index contributed by atoms with van der Waals surface area (Å²) in [6.07, 6.45) is 0. The molecule has 0 amide bonds. The number of hydrogen-bond donors (Lipinski definition) is 2. The highest BCUT2D eigenvalue weighted by molar-refractivity contribution is 5.94. The molecule has 0 aliphatic carbocycles. The fourth-order valence-corrected chi connectivity index (χ4v) is 1.53. The average Bonchev–Trinajstić information content (AvgIpc) is 2.30. The molecule has 1 aromatic rings. The standard InChI is InChI=1S/C13H20N2O2/c1-4-15(3)8-7-14-12-6-5-10(2)9-11(12)13(16)17/h5-6,9,14H,4,7-8H2,1-3H3,(H,16,17). The van der Waals surface area contributed by atoms with Gasteiger partial charge in [0.25, 0.3) is 0 Å². The first kappa shape index (κ1) is 13.5. The summed E-state index contributed by atoms with van der Waals surface area (Å²) in [5, 5.41) is 12.3. The van der Waals surface area contributed by atoms with Gasteiger partial charge in [0.15, 0.2) is 0 Å². The van der Waals surface area contributed by atoms with Crippen LogP contribution in [0.1, 0.15) is 22.8 Å². The van der Waals surface area contributed by atoms with Crippen molar-refractivity contribution in [3.05, 3.63) is 29.3 Å². The predicted octanol–water partition coefficient (Wildman–Crippen LogP) is 2.06. The minimum absolute atomic E-state index is 0.337. The van der Waals surface area contributed by atoms with Gasteiger partial charge >= 0.3 is 5.97 Å². The van der Waals surface area contributed by atoms with E-state index in [0.29, 0.717) is 11.3 Å². The van der Waals surface area contributed by atoms with E-state index in [1.807, 2.05) is 26.1 Å². The first-order valence-corrected chi connectivity index (χ1v) is 5.81. The van der Waals surface area contributed by atoms with E-state index >= 15 is 0 Å². The Balaban J connectivity index is 2.67. The number of aryl methyl sites for hydroxylation is 1. The molecule has 0 radical (unpaired) electrons. The molecule has 0 atom stereocenters. The SMILES string of the molecule is CCN(C)CCNc1ccc(C)cc1C(=O)O. The van der Waals surface area contributed by atoms with E-state index in [0.717, 1.165) is 25.2 Å². The molecule has 0 saturated heterocycles. The smallest absolute Gasteiger partial charge is 0.337 e. The Kier molecular flexibility index (Phi) is 4.97. The lowest BCUT2D eigenvalue weighted by molar-refractivity contribution is 0.0698. The van der Waals surface area contributed by atoms with Crippen LogP contribution in [0.5, 0.6) is 0 Å². The van der Waals surface area contributed by atoms with Crippen LogP contribution >= 0.6 is 0 Å². The van der Waals surface area contributed by atoms with Crippen LogP contribution in [-0.4, -0.2) is 42.7 Å². The van der Waals surface area contributed by atoms with E-state index in [9.17, 15) is 4.79 Å². The van der Waals surface area contributed by atoms with Crippen molar-refractivity contribution in [1.29, 1.82) is 0 Å². The minimum atomic E-state index is -0.889. The molecule has 17 heavy (non-hydrogen) atoms. The number of anilines is 1. The van der Waals surface area contributed by atoms with Gasteiger partial charge in [0.1, 0.15) is 0 Å². The highest BCUT2D eigenvalue weighted by Crippen LogP contribution is 2.17. The van der Waals surface area contributed by atoms with Gasteiger partial charge in [0.2, 0.25) is 0 Å². The normalized spacial score (nSPS) is 10.6. The number of hydrogen-bond acceptors (Lipinski definition) is 3. The Labute approximate surface area is 102 Å². The van der Waals surface area contributed by atoms with Crippen molar-refractivity contribution in [3.63, 3.8) is 0 Å². The molecule has 0 saturated carbocycles. The second kappa shape index (κ2) is 6.25. The van der Waals surface area contributed by atoms with Gasteiger partial charge in [-0.2, -0.15) is 0 Å². The molecule has 4 heteroatoms. The average molecular weight is 236 g/mol. The van der Waals surface area contributed by atoms with E-state index in [2.05, 4.69) is 17.1 Å². The summed E-state index contributed by atoms with van der Waals surface area (Å²) in [4.78, 5) is 13.2. The molecule has 0 bridgehead atoms. The molecule has 0 aliphatic rings. The summed E-state index contributed by atoms with van der Waals surface area (Å²) in [5.41, 5.74) is 1.98. The molecule has 0 fully saturated rings. The van der Waals surface area contributed by atoms with Gasteiger partial charge in [-0.3, -0.25) is 0 Å². The van der Waals surface area contributed by atoms with Gasteiger partial charge in [-0.25, -0.2) is 4.79 Å². The number of aromatic carboxylic acids is 1. The lowest BCUT2D eigenvalue weighted by Gasteiger charge is -2.15. The Hall–Kier alpha value is -1.55. The molecule has 1 rings (SSSR count). The van der Waals surface area contributed by atoms with Crippen molar-refractivity contribution >= 4 is 11.7 Å². The summed E-state index contributed by atoms with van der Waals surface area (Å²) in [6.45, 7) is 6.61. The molecule has 0 aromatic heterocycles. The fourth-order valence-electron chi connectivity index (χ4n) is 1.53. The van der Waals surface area contributed by atoms with Crippen LogP contribution in [-0.2, 0) is 0 Å². The number of benzene rings is 1. The molecule has 0 spiro atoms. The van der Waals surface area contributed by atoms with Crippen molar-refractivity contribution in [2.75, 3.05) is 32.0 Å². The first-order valence-electron chi connectivity index (χ1n) is 5.81. The van der Waals surface area contributed by atoms with Crippen LogP contribution in [0.25, 0.3) is 0 Å². The van der Waals surface area contributed by atoms with Gasteiger partial charge in [0, 0.05) is 18.8 Å². The van der Waals surface area contributed by atoms with Gasteiger partial charge in [-0.1, -0.05) is 18.6 Å². The van der Waals surface area contributed by atoms with Gasteiger partial charge in [-0.15, -0.1) is 0 Å². The molecular formula is C13H20N2O2. The zero-order valence-electron chi connectivity index (χ0n) is 10.7. The summed E-state index contributed by atoms with van der Waals surface area (Å²) in [7, 11) is 2.04. The summed E-state index contributed by atoms with van der Waals surface area (Å²) in [6, 6.07) is 5.43. The summed E-state index contributed by atoms with van der Waals surface area (Å²) in [5.74, 6) is -0.889. The maximum Gasteiger partial charge on any atom is 0.337 e. The quantitative estimate of drug-likeness (QED) is 0.793. The van der Waals surface area contributed by atoms with Crippen molar-refractivity contribution in [2.24, 2.45) is 0 Å². The minimum Gasteiger partial charge on any atom is -0.478 e. The Morgan fingerprint density at radius 3 is 2.76 bits per heavy atom. The largest absolute Gasteiger partial charge is 0.478 e. The van der Waals surface area contributed by atoms with Crippen LogP contribution in [0, 0.1) is 6.92 Å². The van der Waals surface area contributed by atoms with E-state index in [1.165, 1.54) is 0 Å². The molecule has 4 nitrogen and oxygen atoms in total. The van der Waals surface area contributed by atoms with Gasteiger partial charge in [0.05, 0.1) is 5.56 Å². The molecule has 1 aromatic carbocycles. The van der Waals surface area contributed by atoms with Crippen LogP contribution in [0.15, 0.2) is 18.2 Å². The monoisotopic (exact) mass is 236 g/mol. The molecule has 94 valence electrons. The number of carboxylic acid groups (broad SMARTS) is 1. The van der Waals surface area contributed by atoms with Crippen LogP contribution in [0.3, 0.4) is 0 Å².